The first-order valence-electron chi connectivity index (χ1n) is 2.94. The fourth-order valence-corrected chi connectivity index (χ4v) is 0.456. The number of nitrogens with zero attached hydrogens (tertiary/aromatic N) is 2. The van der Waals surface area contributed by atoms with Crippen molar-refractivity contribution in [1.29, 1.82) is 0 Å². The van der Waals surface area contributed by atoms with Crippen molar-refractivity contribution < 1.29 is 9.26 Å². The molecule has 0 aliphatic carbocycles. The van der Waals surface area contributed by atoms with Crippen molar-refractivity contribution in [3.05, 3.63) is 42.5 Å². The molecule has 2 rings (SSSR count). The van der Waals surface area contributed by atoms with Gasteiger partial charge in [0.2, 0.25) is 6.20 Å². The Morgan fingerprint density at radius 1 is 1.55 bits per heavy atom. The average molecular weight is 153 g/mol. The quantitative estimate of drug-likeness (QED) is 0.437. The highest BCUT2D eigenvalue weighted by Crippen LogP contribution is 1.72. The summed E-state index contributed by atoms with van der Waals surface area (Å²) in [6, 6.07) is 1.63. The van der Waals surface area contributed by atoms with Crippen molar-refractivity contribution in [2.24, 2.45) is 0 Å². The van der Waals surface area contributed by atoms with Crippen LogP contribution in [-0.2, 0) is 0 Å². The van der Waals surface area contributed by atoms with E-state index in [9.17, 15) is 5.21 Å². The maximum absolute atomic E-state index is 9.93. The molecule has 2 heterocycles. The van der Waals surface area contributed by atoms with Gasteiger partial charge in [0.05, 0.1) is 12.4 Å². The van der Waals surface area contributed by atoms with Gasteiger partial charge in [-0.25, -0.2) is 4.98 Å². The Labute approximate surface area is 62.9 Å². The lowest BCUT2D eigenvalue weighted by molar-refractivity contribution is -0.664. The van der Waals surface area contributed by atoms with Gasteiger partial charge in [0.25, 0.3) is 0 Å². The van der Waals surface area contributed by atoms with Crippen LogP contribution < -0.4 is 4.85 Å². The van der Waals surface area contributed by atoms with Crippen LogP contribution in [0.4, 0.5) is 0 Å². The molecule has 0 spiro atoms. The van der Waals surface area contributed by atoms with Gasteiger partial charge in [-0.2, -0.15) is 5.10 Å². The van der Waals surface area contributed by atoms with Crippen LogP contribution in [0, 0.1) is 5.21 Å². The van der Waals surface area contributed by atoms with E-state index < -0.39 is 0 Å². The zero-order chi connectivity index (χ0) is 7.94. The molecule has 0 amide bonds. The molecule has 58 valence electrons. The summed E-state index contributed by atoms with van der Waals surface area (Å²) in [6.45, 7) is 0. The Balaban J connectivity index is 0.000000112. The molecule has 0 aromatic carbocycles. The first kappa shape index (κ1) is 7.33. The van der Waals surface area contributed by atoms with E-state index in [1.54, 1.807) is 18.5 Å². The van der Waals surface area contributed by atoms with Gasteiger partial charge >= 0.3 is 0 Å². The molecule has 0 saturated heterocycles. The number of hydrogen-bond acceptors (Lipinski definition) is 3. The maximum Gasteiger partial charge on any atom is 0.208 e. The molecule has 0 aliphatic heterocycles. The molecule has 0 atom stereocenters. The van der Waals surface area contributed by atoms with Gasteiger partial charge in [-0.15, -0.1) is 0 Å². The van der Waals surface area contributed by atoms with E-state index in [-0.39, 0.29) is 0 Å². The number of oxazole rings is 1. The third-order valence-corrected chi connectivity index (χ3v) is 0.867. The summed E-state index contributed by atoms with van der Waals surface area (Å²) in [5, 5.41) is 12.3. The molecule has 0 fully saturated rings. The van der Waals surface area contributed by atoms with Crippen molar-refractivity contribution >= 4 is 0 Å². The summed E-state index contributed by atoms with van der Waals surface area (Å²) in [5.74, 6) is 0. The number of rotatable bonds is 0. The summed E-state index contributed by atoms with van der Waals surface area (Å²) < 4.78 is 4.47. The van der Waals surface area contributed by atoms with Crippen LogP contribution in [-0.4, -0.2) is 10.1 Å². The van der Waals surface area contributed by atoms with Gasteiger partial charge in [-0.1, -0.05) is 4.85 Å². The van der Waals surface area contributed by atoms with Crippen LogP contribution in [0.3, 0.4) is 0 Å². The second-order valence-corrected chi connectivity index (χ2v) is 1.64. The van der Waals surface area contributed by atoms with Crippen LogP contribution in [0.25, 0.3) is 0 Å². The lowest BCUT2D eigenvalue weighted by Crippen LogP contribution is -2.25. The van der Waals surface area contributed by atoms with Crippen LogP contribution in [0.5, 0.6) is 0 Å². The molecule has 11 heavy (non-hydrogen) atoms. The summed E-state index contributed by atoms with van der Waals surface area (Å²) in [7, 11) is 0. The monoisotopic (exact) mass is 153 g/mol. The van der Waals surface area contributed by atoms with Gasteiger partial charge in [0.1, 0.15) is 6.26 Å². The Bertz CT molecular complexity index is 234. The van der Waals surface area contributed by atoms with Crippen LogP contribution in [0.15, 0.2) is 41.7 Å². The number of nitrogens with one attached hydrogen (secondary N) is 1. The van der Waals surface area contributed by atoms with Gasteiger partial charge in [-0.3, -0.25) is 0 Å². The summed E-state index contributed by atoms with van der Waals surface area (Å²) in [5.41, 5.74) is 0. The molecule has 0 unspecified atom stereocenters. The third kappa shape index (κ3) is 3.04. The summed E-state index contributed by atoms with van der Waals surface area (Å²) in [6.07, 6.45) is 7.42. The zero-order valence-electron chi connectivity index (χ0n) is 5.68. The Hall–Kier alpha value is -1.78. The molecule has 0 radical (unpaired) electrons. The van der Waals surface area contributed by atoms with Crippen molar-refractivity contribution in [2.45, 2.75) is 0 Å². The zero-order valence-corrected chi connectivity index (χ0v) is 5.68. The minimum absolute atomic E-state index is 0.625. The highest BCUT2D eigenvalue weighted by molar-refractivity contribution is 4.67. The maximum atomic E-state index is 9.93. The van der Waals surface area contributed by atoms with E-state index >= 15 is 0 Å². The molecular weight excluding hydrogens is 146 g/mol. The first-order chi connectivity index (χ1) is 5.39. The smallest absolute Gasteiger partial charge is 0.208 e. The minimum atomic E-state index is 0.625. The second-order valence-electron chi connectivity index (χ2n) is 1.64. The Kier molecular flexibility index (Phi) is 2.73. The van der Waals surface area contributed by atoms with Crippen LogP contribution >= 0.6 is 0 Å². The second kappa shape index (κ2) is 4.10. The van der Waals surface area contributed by atoms with E-state index in [0.29, 0.717) is 4.85 Å². The van der Waals surface area contributed by atoms with Crippen LogP contribution in [0.1, 0.15) is 0 Å². The fourth-order valence-electron chi connectivity index (χ4n) is 0.456. The highest BCUT2D eigenvalue weighted by atomic mass is 16.5. The van der Waals surface area contributed by atoms with Gasteiger partial charge < -0.3 is 9.62 Å². The fraction of sp³-hybridized carbons (Fsp3) is 0. The lowest BCUT2D eigenvalue weighted by Gasteiger charge is -1.79. The predicted molar refractivity (Wildman–Crippen MR) is 36.3 cm³/mol. The minimum Gasteiger partial charge on any atom is -0.596 e. The molecule has 2 aromatic rings. The summed E-state index contributed by atoms with van der Waals surface area (Å²) in [4.78, 5) is 4.18. The molecule has 0 saturated carbocycles. The topological polar surface area (TPSA) is 68.8 Å². The standard InChI is InChI=1S/C3H4N2O.C3H3NO/c6-5-3-1-2-4-5;1-2-5-3-4-1/h1-4H;1-3H. The Morgan fingerprint density at radius 3 is 2.64 bits per heavy atom. The van der Waals surface area contributed by atoms with Gasteiger partial charge in [0, 0.05) is 6.07 Å². The number of aromatic nitrogens is 3. The predicted octanol–water partition coefficient (Wildman–Crippen LogP) is 0.323. The number of H-pyrrole nitrogens is 1. The largest absolute Gasteiger partial charge is 0.596 e. The first-order valence-corrected chi connectivity index (χ1v) is 2.94. The molecular formula is C6H7N3O2. The van der Waals surface area contributed by atoms with Crippen molar-refractivity contribution in [2.75, 3.05) is 0 Å². The van der Waals surface area contributed by atoms with Crippen molar-refractivity contribution in [3.8, 4) is 0 Å². The molecule has 5 nitrogen and oxygen atoms in total. The van der Waals surface area contributed by atoms with E-state index in [1.165, 1.54) is 18.9 Å². The van der Waals surface area contributed by atoms with E-state index in [4.69, 9.17) is 0 Å². The molecule has 5 heteroatoms. The van der Waals surface area contributed by atoms with E-state index in [1.807, 2.05) is 0 Å². The number of hydrogen-bond donors (Lipinski definition) is 1. The van der Waals surface area contributed by atoms with Gasteiger partial charge in [0.15, 0.2) is 6.39 Å². The Morgan fingerprint density at radius 2 is 2.45 bits per heavy atom. The van der Waals surface area contributed by atoms with Crippen molar-refractivity contribution in [1.82, 2.24) is 10.1 Å². The van der Waals surface area contributed by atoms with Gasteiger partial charge in [-0.05, 0) is 0 Å². The van der Waals surface area contributed by atoms with Crippen molar-refractivity contribution in [3.63, 3.8) is 0 Å². The summed E-state index contributed by atoms with van der Waals surface area (Å²) >= 11 is 0. The third-order valence-electron chi connectivity index (χ3n) is 0.867. The molecule has 1 N–H and O–H groups in total. The number of aromatic amines is 1. The lowest BCUT2D eigenvalue weighted by atomic mass is 10.8. The average Bonchev–Trinajstić information content (AvgIpc) is 2.57. The van der Waals surface area contributed by atoms with E-state index in [2.05, 4.69) is 14.5 Å². The molecule has 2 aromatic heterocycles. The van der Waals surface area contributed by atoms with E-state index in [0.717, 1.165) is 0 Å². The SMILES string of the molecule is [O-][n+]1ccc[nH]1.c1cocn1. The molecule has 0 bridgehead atoms. The molecule has 0 aliphatic rings. The van der Waals surface area contributed by atoms with Crippen LogP contribution in [0.2, 0.25) is 0 Å². The normalized spacial score (nSPS) is 8.36. The highest BCUT2D eigenvalue weighted by Gasteiger charge is 1.75.